The first-order chi connectivity index (χ1) is 10.5. The van der Waals surface area contributed by atoms with Crippen molar-refractivity contribution in [2.45, 2.75) is 53.2 Å². The van der Waals surface area contributed by atoms with E-state index in [9.17, 15) is 9.90 Å². The predicted molar refractivity (Wildman–Crippen MR) is 92.2 cm³/mol. The topological polar surface area (TPSA) is 46.5 Å². The molecule has 132 valence electrons. The Morgan fingerprint density at radius 1 is 0.917 bits per heavy atom. The standard InChI is InChI=1S/C15H23O3.C5H5.Fe/c1-14(2,3)12(16)10-8-7-9-11(10)13(17)18-15(4,5)6;1-2-4-5-3-1;/h7-9,12,16H,1-6H3;1-5H;/q;;+2. The molecule has 1 atom stereocenters. The van der Waals surface area contributed by atoms with Crippen molar-refractivity contribution in [3.8, 4) is 0 Å². The molecule has 0 heterocycles. The van der Waals surface area contributed by atoms with E-state index in [4.69, 9.17) is 4.74 Å². The molecular weight excluding hydrogens is 344 g/mol. The van der Waals surface area contributed by atoms with Gasteiger partial charge in [0.1, 0.15) is 5.60 Å². The molecule has 0 spiro atoms. The van der Waals surface area contributed by atoms with Crippen molar-refractivity contribution in [1.29, 1.82) is 0 Å². The Balaban J connectivity index is 0.000000751. The Morgan fingerprint density at radius 3 is 1.75 bits per heavy atom. The van der Waals surface area contributed by atoms with Gasteiger partial charge < -0.3 is 9.84 Å². The number of rotatable bonds is 2. The molecule has 2 saturated carbocycles. The molecule has 0 amide bonds. The second-order valence-corrected chi connectivity index (χ2v) is 7.63. The molecule has 3 nitrogen and oxygen atoms in total. The zero-order valence-electron chi connectivity index (χ0n) is 15.3. The fraction of sp³-hybridized carbons (Fsp3) is 0.450. The summed E-state index contributed by atoms with van der Waals surface area (Å²) < 4.78 is 5.34. The largest absolute Gasteiger partial charge is 2.00 e. The Kier molecular flexibility index (Phi) is 10.2. The summed E-state index contributed by atoms with van der Waals surface area (Å²) in [6.07, 6.45) is 14.5. The first kappa shape index (κ1) is 23.9. The molecule has 2 aliphatic carbocycles. The van der Waals surface area contributed by atoms with Crippen molar-refractivity contribution < 1.29 is 31.7 Å². The molecule has 2 fully saturated rings. The van der Waals surface area contributed by atoms with E-state index >= 15 is 0 Å². The molecule has 1 N–H and O–H groups in total. The fourth-order valence-electron chi connectivity index (χ4n) is 1.98. The molecule has 2 rings (SSSR count). The van der Waals surface area contributed by atoms with Crippen LogP contribution in [0, 0.1) is 68.6 Å². The normalized spacial score (nSPS) is 20.8. The molecule has 0 aromatic rings. The zero-order valence-corrected chi connectivity index (χ0v) is 16.4. The molecule has 0 aromatic heterocycles. The van der Waals surface area contributed by atoms with Gasteiger partial charge in [-0.15, -0.1) is 0 Å². The van der Waals surface area contributed by atoms with Crippen LogP contribution in [0.4, 0.5) is 0 Å². The van der Waals surface area contributed by atoms with Gasteiger partial charge in [-0.2, -0.15) is 0 Å². The molecule has 10 radical (unpaired) electrons. The van der Waals surface area contributed by atoms with Gasteiger partial charge in [0.25, 0.3) is 0 Å². The fourth-order valence-corrected chi connectivity index (χ4v) is 1.98. The van der Waals surface area contributed by atoms with Crippen molar-refractivity contribution in [3.63, 3.8) is 0 Å². The van der Waals surface area contributed by atoms with E-state index in [-0.39, 0.29) is 28.5 Å². The van der Waals surface area contributed by atoms with Gasteiger partial charge in [-0.05, 0) is 77.6 Å². The van der Waals surface area contributed by atoms with E-state index < -0.39 is 11.7 Å². The van der Waals surface area contributed by atoms with Gasteiger partial charge in [0.05, 0.1) is 12.0 Å². The second-order valence-electron chi connectivity index (χ2n) is 7.63. The van der Waals surface area contributed by atoms with Gasteiger partial charge in [-0.3, -0.25) is 4.79 Å². The molecule has 1 unspecified atom stereocenters. The van der Waals surface area contributed by atoms with Crippen molar-refractivity contribution >= 4 is 5.97 Å². The number of hydrogen-bond donors (Lipinski definition) is 1. The van der Waals surface area contributed by atoms with Crippen LogP contribution in [0.3, 0.4) is 0 Å². The summed E-state index contributed by atoms with van der Waals surface area (Å²) in [6, 6.07) is 0. The van der Waals surface area contributed by atoms with E-state index in [0.717, 1.165) is 0 Å². The first-order valence-electron chi connectivity index (χ1n) is 7.86. The maximum absolute atomic E-state index is 12.0. The van der Waals surface area contributed by atoms with E-state index in [2.05, 4.69) is 0 Å². The summed E-state index contributed by atoms with van der Waals surface area (Å²) in [5.74, 6) is 0.704. The summed E-state index contributed by atoms with van der Waals surface area (Å²) in [6.45, 7) is 11.3. The molecule has 24 heavy (non-hydrogen) atoms. The Hall–Kier alpha value is -0.0505. The van der Waals surface area contributed by atoms with Gasteiger partial charge in [0.15, 0.2) is 0 Å². The van der Waals surface area contributed by atoms with Crippen LogP contribution < -0.4 is 0 Å². The van der Waals surface area contributed by atoms with E-state index in [0.29, 0.717) is 11.8 Å². The van der Waals surface area contributed by atoms with Gasteiger partial charge in [0.2, 0.25) is 0 Å². The number of hydrogen-bond acceptors (Lipinski definition) is 3. The number of carbonyl (C=O) groups excluding carboxylic acids is 1. The first-order valence-corrected chi connectivity index (χ1v) is 7.86. The second kappa shape index (κ2) is 10.2. The molecule has 2 aliphatic rings. The van der Waals surface area contributed by atoms with Crippen molar-refractivity contribution in [2.75, 3.05) is 0 Å². The van der Waals surface area contributed by atoms with Gasteiger partial charge in [0, 0.05) is 5.92 Å². The van der Waals surface area contributed by atoms with E-state index in [1.165, 1.54) is 0 Å². The molecule has 0 aromatic carbocycles. The van der Waals surface area contributed by atoms with Crippen LogP contribution in [0.2, 0.25) is 0 Å². The van der Waals surface area contributed by atoms with E-state index in [1.54, 1.807) is 19.3 Å². The van der Waals surface area contributed by atoms with Crippen LogP contribution in [0.5, 0.6) is 0 Å². The molecule has 0 saturated heterocycles. The van der Waals surface area contributed by atoms with Crippen molar-refractivity contribution in [2.24, 2.45) is 5.41 Å². The average Bonchev–Trinajstić information content (AvgIpc) is 3.09. The minimum atomic E-state index is -0.685. The summed E-state index contributed by atoms with van der Waals surface area (Å²) in [5.41, 5.74) is -0.844. The van der Waals surface area contributed by atoms with Crippen LogP contribution in [0.25, 0.3) is 0 Å². The minimum Gasteiger partial charge on any atom is -0.459 e. The van der Waals surface area contributed by atoms with Crippen LogP contribution in [0.15, 0.2) is 0 Å². The Bertz CT molecular complexity index is 356. The Labute approximate surface area is 159 Å². The van der Waals surface area contributed by atoms with Crippen molar-refractivity contribution in [3.05, 3.63) is 63.2 Å². The van der Waals surface area contributed by atoms with Crippen LogP contribution in [-0.4, -0.2) is 22.8 Å². The predicted octanol–water partition coefficient (Wildman–Crippen LogP) is 3.53. The van der Waals surface area contributed by atoms with Gasteiger partial charge >= 0.3 is 23.0 Å². The van der Waals surface area contributed by atoms with Crippen molar-refractivity contribution in [1.82, 2.24) is 0 Å². The molecule has 0 bridgehead atoms. The third kappa shape index (κ3) is 8.36. The van der Waals surface area contributed by atoms with Gasteiger partial charge in [-0.25, -0.2) is 0 Å². The Morgan fingerprint density at radius 2 is 1.38 bits per heavy atom. The zero-order chi connectivity index (χ0) is 17.7. The van der Waals surface area contributed by atoms with E-state index in [1.807, 2.05) is 73.6 Å². The quantitative estimate of drug-likeness (QED) is 0.596. The number of aliphatic hydroxyl groups excluding tert-OH is 1. The SMILES string of the molecule is CC(C)(C)OC(=O)[C]1[CH][CH][CH][C]1C(O)C(C)(C)C.[CH]1[CH][CH][CH][CH]1.[Fe+2]. The maximum Gasteiger partial charge on any atom is 2.00 e. The maximum atomic E-state index is 12.0. The molecular formula is C20H28FeO3+2. The van der Waals surface area contributed by atoms with Gasteiger partial charge in [-0.1, -0.05) is 20.8 Å². The minimum absolute atomic E-state index is 0. The molecule has 0 aliphatic heterocycles. The number of aliphatic hydroxyl groups is 1. The summed E-state index contributed by atoms with van der Waals surface area (Å²) >= 11 is 0. The number of ether oxygens (including phenoxy) is 1. The number of esters is 1. The van der Waals surface area contributed by atoms with Crippen LogP contribution in [0.1, 0.15) is 41.5 Å². The summed E-state index contributed by atoms with van der Waals surface area (Å²) in [7, 11) is 0. The monoisotopic (exact) mass is 372 g/mol. The molecule has 4 heteroatoms. The number of carbonyl (C=O) groups is 1. The average molecular weight is 372 g/mol. The summed E-state index contributed by atoms with van der Waals surface area (Å²) in [5, 5.41) is 10.3. The van der Waals surface area contributed by atoms with Crippen LogP contribution in [-0.2, 0) is 26.6 Å². The summed E-state index contributed by atoms with van der Waals surface area (Å²) in [4.78, 5) is 12.0. The third-order valence-electron chi connectivity index (χ3n) is 3.14. The smallest absolute Gasteiger partial charge is 0.459 e. The third-order valence-corrected chi connectivity index (χ3v) is 3.14. The van der Waals surface area contributed by atoms with Crippen LogP contribution >= 0.6 is 0 Å².